The van der Waals surface area contributed by atoms with Crippen LogP contribution in [0.15, 0.2) is 52.0 Å². The number of hydrogen-bond acceptors (Lipinski definition) is 3. The molecule has 7 heteroatoms. The summed E-state index contributed by atoms with van der Waals surface area (Å²) in [4.78, 5) is 0. The molecule has 0 unspecified atom stereocenters. The molecule has 1 N–H and O–H groups in total. The van der Waals surface area contributed by atoms with Gasteiger partial charge in [0.25, 0.3) is 0 Å². The molecule has 0 aliphatic heterocycles. The lowest BCUT2D eigenvalue weighted by atomic mass is 10.2. The molecule has 0 spiro atoms. The number of hydrogen-bond donors (Lipinski definition) is 1. The minimum Gasteiger partial charge on any atom is -0.493 e. The zero-order chi connectivity index (χ0) is 16.9. The molecule has 3 nitrogen and oxygen atoms in total. The second kappa shape index (κ2) is 7.50. The van der Waals surface area contributed by atoms with Crippen molar-refractivity contribution in [3.63, 3.8) is 0 Å². The Morgan fingerprint density at radius 2 is 2.00 bits per heavy atom. The van der Waals surface area contributed by atoms with Gasteiger partial charge in [-0.1, -0.05) is 6.07 Å². The maximum absolute atomic E-state index is 12.6. The standard InChI is InChI=1S/C16H14BrF3N2O/c1-2-23-15-7-6-11(8-14(15)17)10-21-22-13-5-3-4-12(9-13)16(18,19)20/h3-10,22H,2H2,1H3. The molecule has 0 bridgehead atoms. The van der Waals surface area contributed by atoms with Crippen molar-refractivity contribution in [2.45, 2.75) is 13.1 Å². The number of halogens is 4. The third kappa shape index (κ3) is 4.99. The average Bonchev–Trinajstić information content (AvgIpc) is 2.50. The van der Waals surface area contributed by atoms with Gasteiger partial charge in [0.15, 0.2) is 0 Å². The number of nitrogens with one attached hydrogen (secondary N) is 1. The second-order valence-electron chi connectivity index (χ2n) is 4.57. The van der Waals surface area contributed by atoms with Crippen molar-refractivity contribution in [3.8, 4) is 5.75 Å². The summed E-state index contributed by atoms with van der Waals surface area (Å²) in [6.45, 7) is 2.45. The zero-order valence-electron chi connectivity index (χ0n) is 12.2. The number of anilines is 1. The molecule has 0 fully saturated rings. The molecule has 0 heterocycles. The minimum absolute atomic E-state index is 0.265. The number of hydrazone groups is 1. The third-order valence-corrected chi connectivity index (χ3v) is 3.47. The molecule has 0 aliphatic rings. The molecule has 2 aromatic rings. The summed E-state index contributed by atoms with van der Waals surface area (Å²) in [7, 11) is 0. The third-order valence-electron chi connectivity index (χ3n) is 2.85. The van der Waals surface area contributed by atoms with Crippen LogP contribution in [0.4, 0.5) is 18.9 Å². The van der Waals surface area contributed by atoms with Gasteiger partial charge >= 0.3 is 6.18 Å². The van der Waals surface area contributed by atoms with E-state index in [1.165, 1.54) is 18.3 Å². The number of alkyl halides is 3. The van der Waals surface area contributed by atoms with Crippen molar-refractivity contribution < 1.29 is 17.9 Å². The van der Waals surface area contributed by atoms with Gasteiger partial charge in [0, 0.05) is 0 Å². The molecule has 0 aliphatic carbocycles. The largest absolute Gasteiger partial charge is 0.493 e. The van der Waals surface area contributed by atoms with Gasteiger partial charge in [-0.05, 0) is 64.8 Å². The molecule has 2 aromatic carbocycles. The van der Waals surface area contributed by atoms with Gasteiger partial charge in [-0.25, -0.2) is 0 Å². The van der Waals surface area contributed by atoms with Crippen molar-refractivity contribution in [3.05, 3.63) is 58.1 Å². The smallest absolute Gasteiger partial charge is 0.416 e. The van der Waals surface area contributed by atoms with Crippen molar-refractivity contribution in [1.29, 1.82) is 0 Å². The summed E-state index contributed by atoms with van der Waals surface area (Å²) in [5.74, 6) is 0.718. The predicted octanol–water partition coefficient (Wildman–Crippen LogP) is 5.31. The van der Waals surface area contributed by atoms with Crippen LogP contribution in [0.25, 0.3) is 0 Å². The molecule has 0 aromatic heterocycles. The Balaban J connectivity index is 2.06. The maximum atomic E-state index is 12.6. The Bertz CT molecular complexity index is 702. The van der Waals surface area contributed by atoms with Crippen LogP contribution in [0.1, 0.15) is 18.1 Å². The Morgan fingerprint density at radius 3 is 2.65 bits per heavy atom. The van der Waals surface area contributed by atoms with Crippen LogP contribution in [0, 0.1) is 0 Å². The minimum atomic E-state index is -4.37. The van der Waals surface area contributed by atoms with Crippen LogP contribution in [0.5, 0.6) is 5.75 Å². The van der Waals surface area contributed by atoms with Gasteiger partial charge in [-0.3, -0.25) is 5.43 Å². The highest BCUT2D eigenvalue weighted by molar-refractivity contribution is 9.10. The van der Waals surface area contributed by atoms with Crippen molar-refractivity contribution in [1.82, 2.24) is 0 Å². The summed E-state index contributed by atoms with van der Waals surface area (Å²) in [5.41, 5.74) is 2.91. The Kier molecular flexibility index (Phi) is 5.65. The highest BCUT2D eigenvalue weighted by Crippen LogP contribution is 2.30. The van der Waals surface area contributed by atoms with E-state index in [9.17, 15) is 13.2 Å². The van der Waals surface area contributed by atoms with Gasteiger partial charge in [0.05, 0.1) is 28.5 Å². The molecular weight excluding hydrogens is 373 g/mol. The molecule has 2 rings (SSSR count). The molecule has 0 amide bonds. The second-order valence-corrected chi connectivity index (χ2v) is 5.43. The van der Waals surface area contributed by atoms with Crippen LogP contribution in [-0.2, 0) is 6.18 Å². The van der Waals surface area contributed by atoms with E-state index in [0.717, 1.165) is 27.9 Å². The van der Waals surface area contributed by atoms with Crippen LogP contribution in [0.3, 0.4) is 0 Å². The fourth-order valence-electron chi connectivity index (χ4n) is 1.82. The molecule has 0 atom stereocenters. The van der Waals surface area contributed by atoms with Gasteiger partial charge in [0.1, 0.15) is 5.75 Å². The zero-order valence-corrected chi connectivity index (χ0v) is 13.8. The number of ether oxygens (including phenoxy) is 1. The normalized spacial score (nSPS) is 11.7. The summed E-state index contributed by atoms with van der Waals surface area (Å²) < 4.78 is 44.0. The van der Waals surface area contributed by atoms with Gasteiger partial charge in [0.2, 0.25) is 0 Å². The first kappa shape index (κ1) is 17.3. The SMILES string of the molecule is CCOc1ccc(C=NNc2cccc(C(F)(F)F)c2)cc1Br. The summed E-state index contributed by atoms with van der Waals surface area (Å²) in [5, 5.41) is 3.95. The fraction of sp³-hybridized carbons (Fsp3) is 0.188. The van der Waals surface area contributed by atoms with E-state index in [1.807, 2.05) is 13.0 Å². The molecule has 23 heavy (non-hydrogen) atoms. The monoisotopic (exact) mass is 386 g/mol. The van der Waals surface area contributed by atoms with Crippen LogP contribution >= 0.6 is 15.9 Å². The highest BCUT2D eigenvalue weighted by Gasteiger charge is 2.30. The first-order chi connectivity index (χ1) is 10.9. The predicted molar refractivity (Wildman–Crippen MR) is 88.0 cm³/mol. The van der Waals surface area contributed by atoms with E-state index >= 15 is 0 Å². The van der Waals surface area contributed by atoms with Gasteiger partial charge in [-0.15, -0.1) is 0 Å². The number of benzene rings is 2. The Morgan fingerprint density at radius 1 is 1.22 bits per heavy atom. The van der Waals surface area contributed by atoms with E-state index in [4.69, 9.17) is 4.74 Å². The summed E-state index contributed by atoms with van der Waals surface area (Å²) in [6, 6.07) is 10.3. The van der Waals surface area contributed by atoms with E-state index in [-0.39, 0.29) is 5.69 Å². The number of rotatable bonds is 5. The lowest BCUT2D eigenvalue weighted by Crippen LogP contribution is -2.05. The van der Waals surface area contributed by atoms with E-state index in [2.05, 4.69) is 26.5 Å². The van der Waals surface area contributed by atoms with E-state index in [1.54, 1.807) is 12.1 Å². The summed E-state index contributed by atoms with van der Waals surface area (Å²) in [6.07, 6.45) is -2.86. The molecule has 0 radical (unpaired) electrons. The van der Waals surface area contributed by atoms with Crippen LogP contribution in [0.2, 0.25) is 0 Å². The Hall–Kier alpha value is -2.02. The molecule has 0 saturated heterocycles. The fourth-order valence-corrected chi connectivity index (χ4v) is 2.33. The summed E-state index contributed by atoms with van der Waals surface area (Å²) >= 11 is 3.38. The first-order valence-corrected chi connectivity index (χ1v) is 7.58. The molecular formula is C16H14BrF3N2O. The molecule has 122 valence electrons. The topological polar surface area (TPSA) is 33.6 Å². The van der Waals surface area contributed by atoms with E-state index < -0.39 is 11.7 Å². The van der Waals surface area contributed by atoms with Crippen molar-refractivity contribution in [2.75, 3.05) is 12.0 Å². The van der Waals surface area contributed by atoms with E-state index in [0.29, 0.717) is 6.61 Å². The molecule has 0 saturated carbocycles. The average molecular weight is 387 g/mol. The van der Waals surface area contributed by atoms with Crippen LogP contribution < -0.4 is 10.2 Å². The van der Waals surface area contributed by atoms with Crippen molar-refractivity contribution in [2.24, 2.45) is 5.10 Å². The number of nitrogens with zero attached hydrogens (tertiary/aromatic N) is 1. The first-order valence-electron chi connectivity index (χ1n) is 6.79. The lowest BCUT2D eigenvalue weighted by molar-refractivity contribution is -0.137. The quantitative estimate of drug-likeness (QED) is 0.557. The maximum Gasteiger partial charge on any atom is 0.416 e. The Labute approximate surface area is 140 Å². The van der Waals surface area contributed by atoms with Gasteiger partial charge < -0.3 is 4.74 Å². The van der Waals surface area contributed by atoms with Crippen molar-refractivity contribution >= 4 is 27.8 Å². The van der Waals surface area contributed by atoms with Gasteiger partial charge in [-0.2, -0.15) is 18.3 Å². The highest BCUT2D eigenvalue weighted by atomic mass is 79.9. The lowest BCUT2D eigenvalue weighted by Gasteiger charge is -2.08. The van der Waals surface area contributed by atoms with Crippen LogP contribution in [-0.4, -0.2) is 12.8 Å².